The standard InChI is InChI=1S/C12H7NO6/c14-10-4-3-9(19-10)13-8-5-6(11(15)16)1-2-7(8)12(17)18/h1-5H,(H,15,16)(H,17,18). The second-order valence-electron chi connectivity index (χ2n) is 3.55. The number of rotatable bonds is 3. The van der Waals surface area contributed by atoms with Crippen molar-refractivity contribution in [3.63, 3.8) is 0 Å². The highest BCUT2D eigenvalue weighted by molar-refractivity contribution is 6.09. The predicted octanol–water partition coefficient (Wildman–Crippen LogP) is 1.23. The van der Waals surface area contributed by atoms with Gasteiger partial charge in [-0.3, -0.25) is 0 Å². The van der Waals surface area contributed by atoms with Crippen LogP contribution in [0, 0.1) is 0 Å². The first-order chi connectivity index (χ1) is 8.97. The highest BCUT2D eigenvalue weighted by Crippen LogP contribution is 2.22. The van der Waals surface area contributed by atoms with Gasteiger partial charge in [-0.1, -0.05) is 0 Å². The number of nitrogens with zero attached hydrogens (tertiary/aromatic N) is 1. The fourth-order valence-electron chi connectivity index (χ4n) is 1.43. The zero-order chi connectivity index (χ0) is 14.0. The summed E-state index contributed by atoms with van der Waals surface area (Å²) in [5.41, 5.74) is -0.395. The first kappa shape index (κ1) is 12.5. The van der Waals surface area contributed by atoms with Gasteiger partial charge in [-0.2, -0.15) is 0 Å². The van der Waals surface area contributed by atoms with Crippen LogP contribution in [-0.2, 0) is 9.53 Å². The topological polar surface area (TPSA) is 113 Å². The van der Waals surface area contributed by atoms with Crippen LogP contribution in [0.2, 0.25) is 0 Å². The Labute approximate surface area is 106 Å². The van der Waals surface area contributed by atoms with E-state index in [0.717, 1.165) is 24.3 Å². The maximum Gasteiger partial charge on any atom is 0.337 e. The molecule has 7 nitrogen and oxygen atoms in total. The van der Waals surface area contributed by atoms with Crippen molar-refractivity contribution in [2.45, 2.75) is 0 Å². The molecule has 0 aliphatic carbocycles. The lowest BCUT2D eigenvalue weighted by Crippen LogP contribution is -2.03. The van der Waals surface area contributed by atoms with Gasteiger partial charge in [0.2, 0.25) is 5.90 Å². The second-order valence-corrected chi connectivity index (χ2v) is 3.55. The third-order valence-electron chi connectivity index (χ3n) is 2.27. The quantitative estimate of drug-likeness (QED) is 0.791. The summed E-state index contributed by atoms with van der Waals surface area (Å²) in [6.07, 6.45) is 2.39. The van der Waals surface area contributed by atoms with E-state index in [9.17, 15) is 14.4 Å². The number of ether oxygens (including phenoxy) is 1. The van der Waals surface area contributed by atoms with Crippen molar-refractivity contribution >= 4 is 29.5 Å². The number of carboxylic acids is 2. The number of benzene rings is 1. The van der Waals surface area contributed by atoms with Gasteiger partial charge in [0.25, 0.3) is 0 Å². The lowest BCUT2D eigenvalue weighted by molar-refractivity contribution is -0.129. The van der Waals surface area contributed by atoms with Crippen LogP contribution in [0.1, 0.15) is 20.7 Å². The molecule has 0 radical (unpaired) electrons. The van der Waals surface area contributed by atoms with E-state index < -0.39 is 17.9 Å². The van der Waals surface area contributed by atoms with Crippen molar-refractivity contribution < 1.29 is 29.3 Å². The van der Waals surface area contributed by atoms with E-state index in [1.54, 1.807) is 0 Å². The molecule has 7 heteroatoms. The first-order valence-corrected chi connectivity index (χ1v) is 5.06. The summed E-state index contributed by atoms with van der Waals surface area (Å²) in [7, 11) is 0. The number of carbonyl (C=O) groups is 3. The largest absolute Gasteiger partial charge is 0.478 e. The van der Waals surface area contributed by atoms with Crippen LogP contribution in [-0.4, -0.2) is 34.0 Å². The van der Waals surface area contributed by atoms with Crippen molar-refractivity contribution in [3.8, 4) is 0 Å². The highest BCUT2D eigenvalue weighted by Gasteiger charge is 2.16. The van der Waals surface area contributed by atoms with Gasteiger partial charge in [-0.05, 0) is 18.2 Å². The van der Waals surface area contributed by atoms with E-state index in [1.807, 2.05) is 0 Å². The van der Waals surface area contributed by atoms with E-state index in [-0.39, 0.29) is 22.7 Å². The fourth-order valence-corrected chi connectivity index (χ4v) is 1.43. The molecule has 1 aromatic carbocycles. The van der Waals surface area contributed by atoms with Crippen LogP contribution in [0.15, 0.2) is 35.3 Å². The Balaban J connectivity index is 2.50. The molecule has 1 heterocycles. The van der Waals surface area contributed by atoms with Crippen LogP contribution < -0.4 is 0 Å². The first-order valence-electron chi connectivity index (χ1n) is 5.06. The summed E-state index contributed by atoms with van der Waals surface area (Å²) in [6, 6.07) is 3.39. The molecular formula is C12H7NO6. The molecule has 0 amide bonds. The number of aliphatic imine (C=N–C) groups is 1. The van der Waals surface area contributed by atoms with Gasteiger partial charge in [0.15, 0.2) is 0 Å². The second kappa shape index (κ2) is 4.73. The van der Waals surface area contributed by atoms with Crippen LogP contribution in [0.4, 0.5) is 5.69 Å². The minimum absolute atomic E-state index is 0.0879. The predicted molar refractivity (Wildman–Crippen MR) is 62.7 cm³/mol. The Morgan fingerprint density at radius 2 is 1.84 bits per heavy atom. The van der Waals surface area contributed by atoms with Gasteiger partial charge in [0.05, 0.1) is 16.8 Å². The van der Waals surface area contributed by atoms with Crippen molar-refractivity contribution in [2.75, 3.05) is 0 Å². The lowest BCUT2D eigenvalue weighted by atomic mass is 10.1. The van der Waals surface area contributed by atoms with Crippen molar-refractivity contribution in [3.05, 3.63) is 41.5 Å². The van der Waals surface area contributed by atoms with E-state index >= 15 is 0 Å². The van der Waals surface area contributed by atoms with Crippen molar-refractivity contribution in [1.82, 2.24) is 0 Å². The van der Waals surface area contributed by atoms with E-state index in [4.69, 9.17) is 10.2 Å². The maximum absolute atomic E-state index is 11.0. The average Bonchev–Trinajstić information content (AvgIpc) is 2.74. The maximum atomic E-state index is 11.0. The van der Waals surface area contributed by atoms with Crippen LogP contribution in [0.3, 0.4) is 0 Å². The number of hydrogen-bond acceptors (Lipinski definition) is 5. The van der Waals surface area contributed by atoms with Crippen LogP contribution in [0.25, 0.3) is 0 Å². The molecule has 19 heavy (non-hydrogen) atoms. The average molecular weight is 261 g/mol. The summed E-state index contributed by atoms with van der Waals surface area (Å²) in [6.45, 7) is 0. The van der Waals surface area contributed by atoms with Crippen LogP contribution >= 0.6 is 0 Å². The Morgan fingerprint density at radius 3 is 2.37 bits per heavy atom. The normalized spacial score (nSPS) is 15.6. The van der Waals surface area contributed by atoms with Gasteiger partial charge in [0.1, 0.15) is 0 Å². The smallest absolute Gasteiger partial charge is 0.337 e. The Kier molecular flexibility index (Phi) is 3.11. The molecule has 2 N–H and O–H groups in total. The molecule has 96 valence electrons. The molecule has 0 saturated heterocycles. The highest BCUT2D eigenvalue weighted by atomic mass is 16.5. The van der Waals surface area contributed by atoms with Gasteiger partial charge in [-0.25, -0.2) is 19.4 Å². The summed E-state index contributed by atoms with van der Waals surface area (Å²) >= 11 is 0. The molecule has 1 aliphatic heterocycles. The van der Waals surface area contributed by atoms with Gasteiger partial charge < -0.3 is 14.9 Å². The third-order valence-corrected chi connectivity index (χ3v) is 2.27. The number of carbonyl (C=O) groups excluding carboxylic acids is 1. The molecule has 0 unspecified atom stereocenters. The molecular weight excluding hydrogens is 254 g/mol. The van der Waals surface area contributed by atoms with Crippen molar-refractivity contribution in [2.24, 2.45) is 4.99 Å². The molecule has 0 atom stereocenters. The molecule has 1 aliphatic rings. The number of hydrogen-bond donors (Lipinski definition) is 2. The SMILES string of the molecule is O=C1C=CC(=Nc2cc(C(=O)O)ccc2C(=O)O)O1. The fraction of sp³-hybridized carbons (Fsp3) is 0. The van der Waals surface area contributed by atoms with Crippen molar-refractivity contribution in [1.29, 1.82) is 0 Å². The Hall–Kier alpha value is -2.96. The lowest BCUT2D eigenvalue weighted by Gasteiger charge is -2.03. The molecule has 0 saturated carbocycles. The molecule has 0 spiro atoms. The summed E-state index contributed by atoms with van der Waals surface area (Å²) in [5, 5.41) is 17.8. The minimum Gasteiger partial charge on any atom is -0.478 e. The summed E-state index contributed by atoms with van der Waals surface area (Å²) in [4.78, 5) is 36.5. The minimum atomic E-state index is -1.26. The molecule has 0 bridgehead atoms. The zero-order valence-electron chi connectivity index (χ0n) is 9.36. The van der Waals surface area contributed by atoms with E-state index in [1.165, 1.54) is 6.08 Å². The van der Waals surface area contributed by atoms with Crippen LogP contribution in [0.5, 0.6) is 0 Å². The van der Waals surface area contributed by atoms with E-state index in [0.29, 0.717) is 0 Å². The molecule has 1 aromatic rings. The Morgan fingerprint density at radius 1 is 1.11 bits per heavy atom. The van der Waals surface area contributed by atoms with Gasteiger partial charge >= 0.3 is 17.9 Å². The summed E-state index contributed by atoms with van der Waals surface area (Å²) < 4.78 is 4.66. The van der Waals surface area contributed by atoms with Gasteiger partial charge in [0, 0.05) is 12.2 Å². The monoisotopic (exact) mass is 261 g/mol. The molecule has 0 aromatic heterocycles. The van der Waals surface area contributed by atoms with Gasteiger partial charge in [-0.15, -0.1) is 0 Å². The number of cyclic esters (lactones) is 1. The van der Waals surface area contributed by atoms with E-state index in [2.05, 4.69) is 9.73 Å². The zero-order valence-corrected chi connectivity index (χ0v) is 9.36. The number of carboxylic acid groups (broad SMARTS) is 2. The Bertz CT molecular complexity index is 644. The molecule has 0 fully saturated rings. The number of aromatic carboxylic acids is 2. The summed E-state index contributed by atoms with van der Waals surface area (Å²) in [5.74, 6) is -3.18. The third kappa shape index (κ3) is 2.65. The number of esters is 1. The molecule has 2 rings (SSSR count).